The number of benzene rings is 1. The summed E-state index contributed by atoms with van der Waals surface area (Å²) in [7, 11) is -3.70. The third kappa shape index (κ3) is 2.77. The van der Waals surface area contributed by atoms with E-state index in [1.54, 1.807) is 0 Å². The minimum atomic E-state index is -3.70. The predicted octanol–water partition coefficient (Wildman–Crippen LogP) is 0.716. The molecular formula is C9H12N2O4S. The molecule has 0 aliphatic heterocycles. The van der Waals surface area contributed by atoms with E-state index in [2.05, 4.69) is 0 Å². The van der Waals surface area contributed by atoms with Gasteiger partial charge in [-0.15, -0.1) is 0 Å². The standard InChI is InChI=1S/C9H12N2O4S/c1-7(10)6-16(14,15)9-5-3-2-4-8(9)11(12)13/h2-5,7H,6,10H2,1H3. The molecule has 88 valence electrons. The van der Waals surface area contributed by atoms with Crippen molar-refractivity contribution >= 4 is 15.5 Å². The highest BCUT2D eigenvalue weighted by Gasteiger charge is 2.25. The average molecular weight is 244 g/mol. The van der Waals surface area contributed by atoms with Gasteiger partial charge in [-0.05, 0) is 13.0 Å². The normalized spacial score (nSPS) is 13.4. The van der Waals surface area contributed by atoms with Crippen LogP contribution in [-0.4, -0.2) is 25.1 Å². The van der Waals surface area contributed by atoms with Gasteiger partial charge in [0, 0.05) is 12.1 Å². The van der Waals surface area contributed by atoms with Crippen LogP contribution in [0, 0.1) is 10.1 Å². The Labute approximate surface area is 93.1 Å². The molecule has 7 heteroatoms. The second-order valence-electron chi connectivity index (χ2n) is 3.48. The molecule has 0 aliphatic rings. The van der Waals surface area contributed by atoms with Crippen LogP contribution >= 0.6 is 0 Å². The van der Waals surface area contributed by atoms with Crippen molar-refractivity contribution in [2.45, 2.75) is 17.9 Å². The number of nitrogens with zero attached hydrogens (tertiary/aromatic N) is 1. The van der Waals surface area contributed by atoms with Crippen molar-refractivity contribution in [2.24, 2.45) is 5.73 Å². The Kier molecular flexibility index (Phi) is 3.61. The van der Waals surface area contributed by atoms with E-state index >= 15 is 0 Å². The maximum atomic E-state index is 11.8. The maximum absolute atomic E-state index is 11.8. The highest BCUT2D eigenvalue weighted by atomic mass is 32.2. The summed E-state index contributed by atoms with van der Waals surface area (Å²) in [6.45, 7) is 1.53. The molecule has 0 heterocycles. The maximum Gasteiger partial charge on any atom is 0.287 e. The molecule has 0 aliphatic carbocycles. The minimum Gasteiger partial charge on any atom is -0.327 e. The van der Waals surface area contributed by atoms with Crippen LogP contribution in [0.1, 0.15) is 6.92 Å². The van der Waals surface area contributed by atoms with Crippen LogP contribution in [0.5, 0.6) is 0 Å². The second kappa shape index (κ2) is 4.58. The second-order valence-corrected chi connectivity index (χ2v) is 5.49. The number of hydrogen-bond acceptors (Lipinski definition) is 5. The largest absolute Gasteiger partial charge is 0.327 e. The molecule has 0 fully saturated rings. The summed E-state index contributed by atoms with van der Waals surface area (Å²) in [5, 5.41) is 10.7. The zero-order valence-corrected chi connectivity index (χ0v) is 9.48. The van der Waals surface area contributed by atoms with E-state index in [1.165, 1.54) is 25.1 Å². The Morgan fingerprint density at radius 2 is 2.00 bits per heavy atom. The van der Waals surface area contributed by atoms with Crippen molar-refractivity contribution in [3.05, 3.63) is 34.4 Å². The van der Waals surface area contributed by atoms with Crippen molar-refractivity contribution in [1.29, 1.82) is 0 Å². The Bertz CT molecular complexity index is 496. The lowest BCUT2D eigenvalue weighted by molar-refractivity contribution is -0.387. The van der Waals surface area contributed by atoms with Crippen molar-refractivity contribution in [1.82, 2.24) is 0 Å². The van der Waals surface area contributed by atoms with Crippen LogP contribution in [0.2, 0.25) is 0 Å². The summed E-state index contributed by atoms with van der Waals surface area (Å²) in [6, 6.07) is 4.68. The van der Waals surface area contributed by atoms with E-state index in [4.69, 9.17) is 5.73 Å². The van der Waals surface area contributed by atoms with Crippen LogP contribution in [-0.2, 0) is 9.84 Å². The molecular weight excluding hydrogens is 232 g/mol. The summed E-state index contributed by atoms with van der Waals surface area (Å²) in [4.78, 5) is 9.67. The van der Waals surface area contributed by atoms with E-state index < -0.39 is 26.5 Å². The fraction of sp³-hybridized carbons (Fsp3) is 0.333. The summed E-state index contributed by atoms with van der Waals surface area (Å²) in [5.41, 5.74) is 4.98. The van der Waals surface area contributed by atoms with Gasteiger partial charge in [-0.2, -0.15) is 0 Å². The van der Waals surface area contributed by atoms with Crippen molar-refractivity contribution in [3.63, 3.8) is 0 Å². The van der Waals surface area contributed by atoms with Crippen LogP contribution in [0.25, 0.3) is 0 Å². The first-order chi connectivity index (χ1) is 7.34. The van der Waals surface area contributed by atoms with E-state index in [-0.39, 0.29) is 10.6 Å². The van der Waals surface area contributed by atoms with E-state index in [1.807, 2.05) is 0 Å². The van der Waals surface area contributed by atoms with Crippen molar-refractivity contribution in [3.8, 4) is 0 Å². The number of nitrogens with two attached hydrogens (primary N) is 1. The van der Waals surface area contributed by atoms with Crippen molar-refractivity contribution in [2.75, 3.05) is 5.75 Å². The van der Waals surface area contributed by atoms with Gasteiger partial charge in [-0.3, -0.25) is 10.1 Å². The predicted molar refractivity (Wildman–Crippen MR) is 58.8 cm³/mol. The first-order valence-corrected chi connectivity index (χ1v) is 6.21. The topological polar surface area (TPSA) is 103 Å². The van der Waals surface area contributed by atoms with Crippen LogP contribution in [0.4, 0.5) is 5.69 Å². The molecule has 0 saturated heterocycles. The van der Waals surface area contributed by atoms with Crippen LogP contribution in [0.3, 0.4) is 0 Å². The highest BCUT2D eigenvalue weighted by Crippen LogP contribution is 2.24. The molecule has 0 saturated carbocycles. The number of nitro groups is 1. The molecule has 1 aromatic carbocycles. The zero-order chi connectivity index (χ0) is 12.3. The fourth-order valence-corrected chi connectivity index (χ4v) is 2.93. The molecule has 1 aromatic rings. The number of sulfone groups is 1. The van der Waals surface area contributed by atoms with Crippen molar-refractivity contribution < 1.29 is 13.3 Å². The lowest BCUT2D eigenvalue weighted by atomic mass is 10.3. The van der Waals surface area contributed by atoms with E-state index in [0.29, 0.717) is 0 Å². The Hall–Kier alpha value is -1.47. The number of nitro benzene ring substituents is 1. The average Bonchev–Trinajstić information content (AvgIpc) is 2.15. The molecule has 1 rings (SSSR count). The molecule has 0 amide bonds. The first kappa shape index (κ1) is 12.6. The zero-order valence-electron chi connectivity index (χ0n) is 8.66. The molecule has 1 atom stereocenters. The molecule has 0 spiro atoms. The molecule has 2 N–H and O–H groups in total. The lowest BCUT2D eigenvalue weighted by Crippen LogP contribution is -2.26. The van der Waals surface area contributed by atoms with Gasteiger partial charge in [-0.1, -0.05) is 12.1 Å². The third-order valence-corrected chi connectivity index (χ3v) is 3.86. The molecule has 0 radical (unpaired) electrons. The van der Waals surface area contributed by atoms with E-state index in [9.17, 15) is 18.5 Å². The molecule has 0 aromatic heterocycles. The molecule has 0 bridgehead atoms. The van der Waals surface area contributed by atoms with Gasteiger partial charge >= 0.3 is 0 Å². The number of rotatable bonds is 4. The summed E-state index contributed by atoms with van der Waals surface area (Å²) < 4.78 is 23.6. The quantitative estimate of drug-likeness (QED) is 0.620. The smallest absolute Gasteiger partial charge is 0.287 e. The van der Waals surface area contributed by atoms with Gasteiger partial charge in [0.1, 0.15) is 4.90 Å². The summed E-state index contributed by atoms with van der Waals surface area (Å²) in [6.07, 6.45) is 0. The van der Waals surface area contributed by atoms with E-state index in [0.717, 1.165) is 6.07 Å². The van der Waals surface area contributed by atoms with Crippen LogP contribution in [0.15, 0.2) is 29.2 Å². The lowest BCUT2D eigenvalue weighted by Gasteiger charge is -2.07. The Morgan fingerprint density at radius 3 is 2.50 bits per heavy atom. The van der Waals surface area contributed by atoms with Crippen LogP contribution < -0.4 is 5.73 Å². The third-order valence-electron chi connectivity index (χ3n) is 1.88. The summed E-state index contributed by atoms with van der Waals surface area (Å²) >= 11 is 0. The monoisotopic (exact) mass is 244 g/mol. The van der Waals surface area contributed by atoms with Gasteiger partial charge in [0.2, 0.25) is 0 Å². The van der Waals surface area contributed by atoms with Gasteiger partial charge in [0.25, 0.3) is 5.69 Å². The SMILES string of the molecule is CC(N)CS(=O)(=O)c1ccccc1[N+](=O)[O-]. The van der Waals surface area contributed by atoms with Gasteiger partial charge in [-0.25, -0.2) is 8.42 Å². The molecule has 6 nitrogen and oxygen atoms in total. The van der Waals surface area contributed by atoms with Gasteiger partial charge in [0.15, 0.2) is 9.84 Å². The minimum absolute atomic E-state index is 0.280. The molecule has 16 heavy (non-hydrogen) atoms. The number of para-hydroxylation sites is 1. The summed E-state index contributed by atoms with van der Waals surface area (Å²) in [5.74, 6) is -0.308. The Balaban J connectivity index is 3.28. The molecule has 1 unspecified atom stereocenters. The Morgan fingerprint density at radius 1 is 1.44 bits per heavy atom. The highest BCUT2D eigenvalue weighted by molar-refractivity contribution is 7.91. The fourth-order valence-electron chi connectivity index (χ4n) is 1.31. The van der Waals surface area contributed by atoms with Gasteiger partial charge < -0.3 is 5.73 Å². The first-order valence-electron chi connectivity index (χ1n) is 4.56. The van der Waals surface area contributed by atoms with Gasteiger partial charge in [0.05, 0.1) is 10.7 Å². The number of hydrogen-bond donors (Lipinski definition) is 1.